The number of nitrogens with zero attached hydrogens (tertiary/aromatic N) is 1. The number of carbonyl (C=O) groups excluding carboxylic acids is 1. The molecule has 6 nitrogen and oxygen atoms in total. The number of carbonyl (C=O) groups is 2. The molecular weight excluding hydrogens is 286 g/mol. The molecule has 1 amide bonds. The molecular formula is C16H21NO5. The van der Waals surface area contributed by atoms with Gasteiger partial charge >= 0.3 is 5.97 Å². The van der Waals surface area contributed by atoms with Gasteiger partial charge in [0.25, 0.3) is 0 Å². The van der Waals surface area contributed by atoms with Gasteiger partial charge in [-0.3, -0.25) is 4.79 Å². The third-order valence-electron chi connectivity index (χ3n) is 3.88. The van der Waals surface area contributed by atoms with Gasteiger partial charge in [-0.25, -0.2) is 4.79 Å². The maximum absolute atomic E-state index is 12.5. The first-order valence-corrected chi connectivity index (χ1v) is 7.27. The van der Waals surface area contributed by atoms with Crippen LogP contribution in [0.5, 0.6) is 5.75 Å². The summed E-state index contributed by atoms with van der Waals surface area (Å²) in [6.07, 6.45) is 0.240. The summed E-state index contributed by atoms with van der Waals surface area (Å²) in [5, 5.41) is 9.20. The van der Waals surface area contributed by atoms with Crippen LogP contribution in [0.4, 0.5) is 0 Å². The van der Waals surface area contributed by atoms with Crippen LogP contribution in [0, 0.1) is 0 Å². The number of methoxy groups -OCH3 is 1. The van der Waals surface area contributed by atoms with Crippen LogP contribution in [0.1, 0.15) is 24.8 Å². The van der Waals surface area contributed by atoms with Crippen LogP contribution in [-0.4, -0.2) is 54.8 Å². The van der Waals surface area contributed by atoms with Gasteiger partial charge in [-0.2, -0.15) is 0 Å². The number of benzene rings is 1. The first kappa shape index (κ1) is 16.3. The van der Waals surface area contributed by atoms with Crippen LogP contribution in [-0.2, 0) is 14.3 Å². The Balaban J connectivity index is 2.08. The highest BCUT2D eigenvalue weighted by atomic mass is 16.5. The third kappa shape index (κ3) is 3.57. The summed E-state index contributed by atoms with van der Waals surface area (Å²) >= 11 is 0. The Hall–Kier alpha value is -2.08. The van der Waals surface area contributed by atoms with E-state index >= 15 is 0 Å². The summed E-state index contributed by atoms with van der Waals surface area (Å²) < 4.78 is 10.5. The van der Waals surface area contributed by atoms with Gasteiger partial charge in [0.15, 0.2) is 6.04 Å². The molecule has 1 saturated heterocycles. The van der Waals surface area contributed by atoms with E-state index in [0.717, 1.165) is 11.3 Å². The van der Waals surface area contributed by atoms with Gasteiger partial charge in [0, 0.05) is 13.0 Å². The number of aliphatic carboxylic acids is 1. The molecule has 1 N–H and O–H groups in total. The fourth-order valence-corrected chi connectivity index (χ4v) is 2.67. The smallest absolute Gasteiger partial charge is 0.328 e. The number of carboxylic acid groups (broad SMARTS) is 1. The van der Waals surface area contributed by atoms with Gasteiger partial charge in [0.1, 0.15) is 5.75 Å². The van der Waals surface area contributed by atoms with Crippen molar-refractivity contribution in [2.75, 3.05) is 26.9 Å². The second-order valence-corrected chi connectivity index (χ2v) is 5.36. The van der Waals surface area contributed by atoms with E-state index in [1.807, 2.05) is 31.2 Å². The van der Waals surface area contributed by atoms with Gasteiger partial charge in [-0.05, 0) is 17.5 Å². The summed E-state index contributed by atoms with van der Waals surface area (Å²) in [4.78, 5) is 25.1. The Morgan fingerprint density at radius 3 is 2.86 bits per heavy atom. The summed E-state index contributed by atoms with van der Waals surface area (Å²) in [7, 11) is 1.59. The number of amides is 1. The van der Waals surface area contributed by atoms with Crippen LogP contribution in [0.2, 0.25) is 0 Å². The van der Waals surface area contributed by atoms with Crippen molar-refractivity contribution in [2.45, 2.75) is 25.3 Å². The normalized spacial score (nSPS) is 19.5. The van der Waals surface area contributed by atoms with Crippen LogP contribution in [0.25, 0.3) is 0 Å². The van der Waals surface area contributed by atoms with E-state index in [9.17, 15) is 14.7 Å². The quantitative estimate of drug-likeness (QED) is 0.892. The zero-order valence-corrected chi connectivity index (χ0v) is 12.8. The first-order valence-electron chi connectivity index (χ1n) is 7.27. The van der Waals surface area contributed by atoms with Gasteiger partial charge in [-0.1, -0.05) is 25.1 Å². The standard InChI is InChI=1S/C16H21NO5/c1-11(12-5-3-4-6-14(12)21-2)9-15(18)17-7-8-22-10-13(17)16(19)20/h3-6,11,13H,7-10H2,1-2H3,(H,19,20)/t11-,13+/m0/s1. The van der Waals surface area contributed by atoms with E-state index in [1.54, 1.807) is 7.11 Å². The maximum atomic E-state index is 12.5. The second-order valence-electron chi connectivity index (χ2n) is 5.36. The molecule has 6 heteroatoms. The summed E-state index contributed by atoms with van der Waals surface area (Å²) in [5.74, 6) is -0.521. The van der Waals surface area contributed by atoms with Crippen molar-refractivity contribution in [1.82, 2.24) is 4.90 Å². The van der Waals surface area contributed by atoms with Gasteiger partial charge in [0.2, 0.25) is 5.91 Å². The highest BCUT2D eigenvalue weighted by molar-refractivity contribution is 5.84. The average Bonchev–Trinajstić information content (AvgIpc) is 2.54. The van der Waals surface area contributed by atoms with E-state index < -0.39 is 12.0 Å². The molecule has 0 saturated carbocycles. The molecule has 0 unspecified atom stereocenters. The highest BCUT2D eigenvalue weighted by Crippen LogP contribution is 2.29. The molecule has 1 aliphatic heterocycles. The molecule has 2 atom stereocenters. The topological polar surface area (TPSA) is 76.1 Å². The van der Waals surface area contributed by atoms with E-state index in [2.05, 4.69) is 0 Å². The summed E-state index contributed by atoms with van der Waals surface area (Å²) in [6, 6.07) is 6.65. The van der Waals surface area contributed by atoms with E-state index in [-0.39, 0.29) is 24.9 Å². The van der Waals surface area contributed by atoms with E-state index in [4.69, 9.17) is 9.47 Å². The SMILES string of the molecule is COc1ccccc1[C@@H](C)CC(=O)N1CCOC[C@@H]1C(=O)O. The number of morpholine rings is 1. The highest BCUT2D eigenvalue weighted by Gasteiger charge is 2.33. The van der Waals surface area contributed by atoms with Crippen molar-refractivity contribution < 1.29 is 24.2 Å². The van der Waals surface area contributed by atoms with Crippen molar-refractivity contribution in [3.05, 3.63) is 29.8 Å². The predicted octanol–water partition coefficient (Wildman–Crippen LogP) is 1.50. The van der Waals surface area contributed by atoms with Crippen molar-refractivity contribution in [3.8, 4) is 5.75 Å². The van der Waals surface area contributed by atoms with Crippen molar-refractivity contribution >= 4 is 11.9 Å². The number of ether oxygens (including phenoxy) is 2. The molecule has 1 aliphatic rings. The van der Waals surface area contributed by atoms with Gasteiger partial charge in [-0.15, -0.1) is 0 Å². The fraction of sp³-hybridized carbons (Fsp3) is 0.500. The van der Waals surface area contributed by atoms with Gasteiger partial charge < -0.3 is 19.5 Å². The Morgan fingerprint density at radius 2 is 2.18 bits per heavy atom. The molecule has 1 aromatic carbocycles. The number of hydrogen-bond acceptors (Lipinski definition) is 4. The fourth-order valence-electron chi connectivity index (χ4n) is 2.67. The first-order chi connectivity index (χ1) is 10.5. The molecule has 0 aliphatic carbocycles. The van der Waals surface area contributed by atoms with Gasteiger partial charge in [0.05, 0.1) is 20.3 Å². The Labute approximate surface area is 129 Å². The van der Waals surface area contributed by atoms with Crippen LogP contribution in [0.15, 0.2) is 24.3 Å². The van der Waals surface area contributed by atoms with Crippen LogP contribution in [0.3, 0.4) is 0 Å². The lowest BCUT2D eigenvalue weighted by Gasteiger charge is -2.33. The minimum absolute atomic E-state index is 0.0457. The molecule has 1 heterocycles. The Bertz CT molecular complexity index is 545. The molecule has 1 aromatic rings. The van der Waals surface area contributed by atoms with E-state index in [1.165, 1.54) is 4.90 Å². The average molecular weight is 307 g/mol. The molecule has 0 spiro atoms. The van der Waals surface area contributed by atoms with Crippen molar-refractivity contribution in [1.29, 1.82) is 0 Å². The van der Waals surface area contributed by atoms with Crippen LogP contribution >= 0.6 is 0 Å². The molecule has 22 heavy (non-hydrogen) atoms. The molecule has 0 bridgehead atoms. The minimum Gasteiger partial charge on any atom is -0.496 e. The number of hydrogen-bond donors (Lipinski definition) is 1. The Morgan fingerprint density at radius 1 is 1.45 bits per heavy atom. The third-order valence-corrected chi connectivity index (χ3v) is 3.88. The summed E-state index contributed by atoms with van der Waals surface area (Å²) in [6.45, 7) is 2.67. The zero-order chi connectivity index (χ0) is 16.1. The molecule has 1 fully saturated rings. The van der Waals surface area contributed by atoms with Crippen molar-refractivity contribution in [2.24, 2.45) is 0 Å². The lowest BCUT2D eigenvalue weighted by molar-refractivity contribution is -0.158. The van der Waals surface area contributed by atoms with Crippen LogP contribution < -0.4 is 4.74 Å². The molecule has 0 radical (unpaired) electrons. The monoisotopic (exact) mass is 307 g/mol. The summed E-state index contributed by atoms with van der Waals surface area (Å²) in [5.41, 5.74) is 0.943. The number of para-hydroxylation sites is 1. The molecule has 0 aromatic heterocycles. The largest absolute Gasteiger partial charge is 0.496 e. The number of carboxylic acids is 1. The maximum Gasteiger partial charge on any atom is 0.328 e. The zero-order valence-electron chi connectivity index (χ0n) is 12.8. The van der Waals surface area contributed by atoms with E-state index in [0.29, 0.717) is 13.2 Å². The number of rotatable bonds is 5. The predicted molar refractivity (Wildman–Crippen MR) is 80.0 cm³/mol. The minimum atomic E-state index is -1.03. The lowest BCUT2D eigenvalue weighted by atomic mass is 9.96. The van der Waals surface area contributed by atoms with Crippen molar-refractivity contribution in [3.63, 3.8) is 0 Å². The lowest BCUT2D eigenvalue weighted by Crippen LogP contribution is -2.52. The Kier molecular flexibility index (Phi) is 5.38. The molecule has 120 valence electrons. The second kappa shape index (κ2) is 7.26. The molecule has 2 rings (SSSR count).